The molecule has 3 N–H and O–H groups in total. The summed E-state index contributed by atoms with van der Waals surface area (Å²) in [6.45, 7) is 0.804. The minimum absolute atomic E-state index is 0.164. The highest BCUT2D eigenvalue weighted by molar-refractivity contribution is 7.90. The maximum Gasteiger partial charge on any atom is 0.319 e. The van der Waals surface area contributed by atoms with Crippen LogP contribution in [-0.2, 0) is 21.4 Å². The Hall–Kier alpha value is -4.12. The third-order valence-corrected chi connectivity index (χ3v) is 7.18. The lowest BCUT2D eigenvalue weighted by atomic mass is 10.1. The van der Waals surface area contributed by atoms with E-state index in [1.807, 2.05) is 0 Å². The Labute approximate surface area is 202 Å². The number of carbonyl (C=O) groups excluding carboxylic acids is 2. The van der Waals surface area contributed by atoms with Crippen molar-refractivity contribution in [2.45, 2.75) is 30.3 Å². The fourth-order valence-corrected chi connectivity index (χ4v) is 5.42. The molecule has 3 aromatic rings. The summed E-state index contributed by atoms with van der Waals surface area (Å²) in [5, 5.41) is 8.29. The van der Waals surface area contributed by atoms with Crippen LogP contribution in [0.4, 0.5) is 16.2 Å². The van der Waals surface area contributed by atoms with Gasteiger partial charge in [-0.2, -0.15) is 8.42 Å². The van der Waals surface area contributed by atoms with Crippen LogP contribution in [0.3, 0.4) is 0 Å². The number of anilines is 2. The minimum Gasteiger partial charge on any atom is -0.467 e. The topological polar surface area (TPSA) is 133 Å². The van der Waals surface area contributed by atoms with Crippen LogP contribution in [0.5, 0.6) is 0 Å². The van der Waals surface area contributed by atoms with Crippen LogP contribution in [0.15, 0.2) is 80.6 Å². The first-order chi connectivity index (χ1) is 16.9. The number of amidine groups is 1. The molecule has 1 aromatic heterocycles. The largest absolute Gasteiger partial charge is 0.467 e. The number of hydrogen-bond acceptors (Lipinski definition) is 6. The highest BCUT2D eigenvalue weighted by Gasteiger charge is 2.39. The average Bonchev–Trinajstić information content (AvgIpc) is 3.59. The molecule has 1 saturated heterocycles. The predicted octanol–water partition coefficient (Wildman–Crippen LogP) is 3.15. The van der Waals surface area contributed by atoms with Gasteiger partial charge in [-0.15, -0.1) is 4.40 Å². The molecule has 3 amide bonds. The van der Waals surface area contributed by atoms with Gasteiger partial charge in [-0.25, -0.2) is 4.79 Å². The van der Waals surface area contributed by atoms with Crippen molar-refractivity contribution in [2.75, 3.05) is 17.2 Å². The molecule has 1 fully saturated rings. The number of sulfonamides is 1. The molecule has 1 atom stereocenters. The molecule has 180 valence electrons. The van der Waals surface area contributed by atoms with Crippen molar-refractivity contribution in [3.63, 3.8) is 0 Å². The zero-order valence-electron chi connectivity index (χ0n) is 18.6. The third kappa shape index (κ3) is 4.76. The number of fused-ring (bicyclic) bond motifs is 1. The van der Waals surface area contributed by atoms with Gasteiger partial charge in [0.2, 0.25) is 5.91 Å². The molecule has 0 aliphatic carbocycles. The lowest BCUT2D eigenvalue weighted by Crippen LogP contribution is -2.43. The molecule has 0 radical (unpaired) electrons. The monoisotopic (exact) mass is 493 g/mol. The van der Waals surface area contributed by atoms with Crippen LogP contribution >= 0.6 is 0 Å². The summed E-state index contributed by atoms with van der Waals surface area (Å²) < 4.78 is 34.0. The van der Waals surface area contributed by atoms with Gasteiger partial charge in [-0.05, 0) is 61.4 Å². The second-order valence-corrected chi connectivity index (χ2v) is 9.76. The van der Waals surface area contributed by atoms with E-state index in [1.54, 1.807) is 59.5 Å². The number of nitrogens with one attached hydrogen (secondary N) is 3. The van der Waals surface area contributed by atoms with Gasteiger partial charge in [0.05, 0.1) is 12.8 Å². The van der Waals surface area contributed by atoms with Crippen LogP contribution in [0.1, 0.15) is 24.2 Å². The van der Waals surface area contributed by atoms with Crippen molar-refractivity contribution >= 4 is 39.2 Å². The van der Waals surface area contributed by atoms with Gasteiger partial charge in [-0.1, -0.05) is 12.1 Å². The van der Waals surface area contributed by atoms with Crippen molar-refractivity contribution in [2.24, 2.45) is 4.40 Å². The van der Waals surface area contributed by atoms with Crippen LogP contribution in [0, 0.1) is 0 Å². The fourth-order valence-electron chi connectivity index (χ4n) is 4.21. The van der Waals surface area contributed by atoms with Gasteiger partial charge in [0, 0.05) is 23.5 Å². The number of benzene rings is 2. The first-order valence-electron chi connectivity index (χ1n) is 11.1. The molecule has 11 heteroatoms. The molecule has 0 bridgehead atoms. The smallest absolute Gasteiger partial charge is 0.319 e. The number of carbonyl (C=O) groups is 2. The standard InChI is InChI=1S/C24H23N5O5S/c30-23(20-7-3-13-29(20)22-19-6-1-2-8-21(19)35(32,33)28-22)26-16-9-11-17(12-10-16)27-24(31)25-15-18-5-4-14-34-18/h1-2,4-6,8-12,14,20H,3,7,13,15H2,(H,26,30)(H2,25,27,31)/t20-/m0/s1. The average molecular weight is 494 g/mol. The molecule has 0 spiro atoms. The molecule has 2 aromatic carbocycles. The maximum atomic E-state index is 13.1. The molecule has 10 nitrogen and oxygen atoms in total. The van der Waals surface area contributed by atoms with Crippen molar-refractivity contribution in [3.8, 4) is 0 Å². The Bertz CT molecular complexity index is 1380. The maximum absolute atomic E-state index is 13.1. The number of urea groups is 1. The Morgan fingerprint density at radius 1 is 1.00 bits per heavy atom. The molecule has 35 heavy (non-hydrogen) atoms. The van der Waals surface area contributed by atoms with E-state index in [-0.39, 0.29) is 23.4 Å². The van der Waals surface area contributed by atoms with Crippen LogP contribution in [-0.4, -0.2) is 43.7 Å². The second kappa shape index (κ2) is 9.26. The molecule has 0 saturated carbocycles. The lowest BCUT2D eigenvalue weighted by molar-refractivity contribution is -0.119. The van der Waals surface area contributed by atoms with E-state index < -0.39 is 16.1 Å². The first-order valence-corrected chi connectivity index (χ1v) is 12.5. The van der Waals surface area contributed by atoms with Gasteiger partial charge < -0.3 is 25.3 Å². The lowest BCUT2D eigenvalue weighted by Gasteiger charge is -2.25. The zero-order valence-corrected chi connectivity index (χ0v) is 19.4. The van der Waals surface area contributed by atoms with E-state index in [0.717, 1.165) is 6.42 Å². The normalized spacial score (nSPS) is 18.0. The van der Waals surface area contributed by atoms with Gasteiger partial charge in [0.1, 0.15) is 16.7 Å². The van der Waals surface area contributed by atoms with Crippen LogP contribution < -0.4 is 16.0 Å². The molecule has 0 unspecified atom stereocenters. The van der Waals surface area contributed by atoms with Crippen molar-refractivity contribution < 1.29 is 22.4 Å². The van der Waals surface area contributed by atoms with E-state index in [0.29, 0.717) is 41.5 Å². The van der Waals surface area contributed by atoms with E-state index in [9.17, 15) is 18.0 Å². The van der Waals surface area contributed by atoms with Gasteiger partial charge in [0.25, 0.3) is 10.0 Å². The Kier molecular flexibility index (Phi) is 6.00. The summed E-state index contributed by atoms with van der Waals surface area (Å²) in [6.07, 6.45) is 2.87. The van der Waals surface area contributed by atoms with Crippen LogP contribution in [0.2, 0.25) is 0 Å². The molecular formula is C24H23N5O5S. The Balaban J connectivity index is 1.21. The highest BCUT2D eigenvalue weighted by Crippen LogP contribution is 2.31. The van der Waals surface area contributed by atoms with E-state index in [1.165, 1.54) is 12.3 Å². The number of amides is 3. The van der Waals surface area contributed by atoms with Crippen molar-refractivity contribution in [1.82, 2.24) is 10.2 Å². The number of nitrogens with zero attached hydrogens (tertiary/aromatic N) is 2. The summed E-state index contributed by atoms with van der Waals surface area (Å²) in [4.78, 5) is 27.0. The second-order valence-electron chi connectivity index (χ2n) is 8.19. The highest BCUT2D eigenvalue weighted by atomic mass is 32.2. The Morgan fingerprint density at radius 3 is 2.49 bits per heavy atom. The Morgan fingerprint density at radius 2 is 1.74 bits per heavy atom. The summed E-state index contributed by atoms with van der Waals surface area (Å²) >= 11 is 0. The summed E-state index contributed by atoms with van der Waals surface area (Å²) in [5.41, 5.74) is 1.64. The fraction of sp³-hybridized carbons (Fsp3) is 0.208. The number of likely N-dealkylation sites (tertiary alicyclic amines) is 1. The minimum atomic E-state index is -3.76. The molecule has 3 heterocycles. The first kappa shape index (κ1) is 22.7. The summed E-state index contributed by atoms with van der Waals surface area (Å²) in [6, 6.07) is 16.0. The molecule has 5 rings (SSSR count). The van der Waals surface area contributed by atoms with Crippen LogP contribution in [0.25, 0.3) is 0 Å². The SMILES string of the molecule is O=C(NCc1ccco1)Nc1ccc(NC(=O)[C@@H]2CCCN2C2=NS(=O)(=O)c3ccccc32)cc1. The van der Waals surface area contributed by atoms with Gasteiger partial charge >= 0.3 is 6.03 Å². The third-order valence-electron chi connectivity index (χ3n) is 5.85. The van der Waals surface area contributed by atoms with Crippen molar-refractivity contribution in [3.05, 3.63) is 78.3 Å². The quantitative estimate of drug-likeness (QED) is 0.500. The van der Waals surface area contributed by atoms with Gasteiger partial charge in [0.15, 0.2) is 5.84 Å². The summed E-state index contributed by atoms with van der Waals surface area (Å²) in [5.74, 6) is 0.714. The number of rotatable bonds is 5. The van der Waals surface area contributed by atoms with E-state index in [4.69, 9.17) is 4.42 Å². The van der Waals surface area contributed by atoms with E-state index in [2.05, 4.69) is 20.3 Å². The predicted molar refractivity (Wildman–Crippen MR) is 130 cm³/mol. The number of furan rings is 1. The number of hydrogen-bond donors (Lipinski definition) is 3. The van der Waals surface area contributed by atoms with Gasteiger partial charge in [-0.3, -0.25) is 4.79 Å². The van der Waals surface area contributed by atoms with Crippen molar-refractivity contribution in [1.29, 1.82) is 0 Å². The van der Waals surface area contributed by atoms with E-state index >= 15 is 0 Å². The zero-order chi connectivity index (χ0) is 24.4. The molecule has 2 aliphatic heterocycles. The molecule has 2 aliphatic rings. The summed E-state index contributed by atoms with van der Waals surface area (Å²) in [7, 11) is -3.76. The molecular weight excluding hydrogens is 470 g/mol.